The van der Waals surface area contributed by atoms with Gasteiger partial charge in [0.15, 0.2) is 0 Å². The van der Waals surface area contributed by atoms with Crippen molar-refractivity contribution in [3.8, 4) is 5.75 Å². The van der Waals surface area contributed by atoms with Crippen LogP contribution >= 0.6 is 0 Å². The maximum atomic E-state index is 11.5. The summed E-state index contributed by atoms with van der Waals surface area (Å²) in [5, 5.41) is 10.6. The van der Waals surface area contributed by atoms with Crippen LogP contribution in [0.4, 0.5) is 0 Å². The number of likely N-dealkylation sites (tertiary alicyclic amines) is 1. The second-order valence-electron chi connectivity index (χ2n) is 7.78. The molecular weight excluding hydrogens is 356 g/mol. The number of hydrogen-bond donors (Lipinski definition) is 1. The number of aliphatic hydroxyl groups excluding tert-OH is 1. The fourth-order valence-electron chi connectivity index (χ4n) is 4.45. The molecule has 0 spiro atoms. The van der Waals surface area contributed by atoms with E-state index in [1.54, 1.807) is 24.3 Å². The van der Waals surface area contributed by atoms with Crippen molar-refractivity contribution < 1.29 is 19.4 Å². The molecule has 1 aromatic heterocycles. The maximum Gasteiger partial charge on any atom is 0.337 e. The molecule has 1 saturated heterocycles. The van der Waals surface area contributed by atoms with Crippen LogP contribution in [0.3, 0.4) is 0 Å². The zero-order chi connectivity index (χ0) is 19.5. The van der Waals surface area contributed by atoms with Gasteiger partial charge in [0.2, 0.25) is 0 Å². The summed E-state index contributed by atoms with van der Waals surface area (Å²) in [6, 6.07) is 11.0. The van der Waals surface area contributed by atoms with Gasteiger partial charge in [0, 0.05) is 32.0 Å². The second kappa shape index (κ2) is 8.29. The molecule has 0 radical (unpaired) electrons. The first-order valence-electron chi connectivity index (χ1n) is 9.76. The van der Waals surface area contributed by atoms with Gasteiger partial charge in [0.25, 0.3) is 0 Å². The lowest BCUT2D eigenvalue weighted by Gasteiger charge is -2.35. The Labute approximate surface area is 165 Å². The zero-order valence-corrected chi connectivity index (χ0v) is 16.0. The van der Waals surface area contributed by atoms with Crippen molar-refractivity contribution in [1.29, 1.82) is 0 Å². The lowest BCUT2D eigenvalue weighted by molar-refractivity contribution is -0.0231. The SMILES string of the molecule is COC(=O)c1ccc(O[C@@H]2C[C@@H]3CN(Cc4ccncc4)C[C@@H]3C[C@H]2O)cc1. The second-order valence-corrected chi connectivity index (χ2v) is 7.78. The van der Waals surface area contributed by atoms with Gasteiger partial charge in [-0.1, -0.05) is 0 Å². The van der Waals surface area contributed by atoms with E-state index in [9.17, 15) is 9.90 Å². The van der Waals surface area contributed by atoms with E-state index < -0.39 is 6.10 Å². The summed E-state index contributed by atoms with van der Waals surface area (Å²) >= 11 is 0. The summed E-state index contributed by atoms with van der Waals surface area (Å²) in [5.41, 5.74) is 1.76. The summed E-state index contributed by atoms with van der Waals surface area (Å²) in [4.78, 5) is 18.1. The van der Waals surface area contributed by atoms with E-state index in [-0.39, 0.29) is 12.1 Å². The predicted molar refractivity (Wildman–Crippen MR) is 104 cm³/mol. The van der Waals surface area contributed by atoms with E-state index in [4.69, 9.17) is 9.47 Å². The van der Waals surface area contributed by atoms with E-state index in [0.29, 0.717) is 23.1 Å². The van der Waals surface area contributed by atoms with Gasteiger partial charge in [-0.15, -0.1) is 0 Å². The number of ether oxygens (including phenoxy) is 2. The van der Waals surface area contributed by atoms with Gasteiger partial charge in [-0.2, -0.15) is 0 Å². The number of pyridine rings is 1. The first-order valence-corrected chi connectivity index (χ1v) is 9.76. The molecule has 1 saturated carbocycles. The minimum absolute atomic E-state index is 0.217. The predicted octanol–water partition coefficient (Wildman–Crippen LogP) is 2.52. The first kappa shape index (κ1) is 18.9. The number of esters is 1. The van der Waals surface area contributed by atoms with E-state index in [1.165, 1.54) is 12.7 Å². The average Bonchev–Trinajstić information content (AvgIpc) is 3.09. The van der Waals surface area contributed by atoms with Crippen LogP contribution in [0.1, 0.15) is 28.8 Å². The minimum Gasteiger partial charge on any atom is -0.488 e. The number of fused-ring (bicyclic) bond motifs is 1. The molecule has 4 atom stereocenters. The summed E-state index contributed by atoms with van der Waals surface area (Å²) < 4.78 is 10.8. The van der Waals surface area contributed by atoms with Crippen LogP contribution in [0, 0.1) is 11.8 Å². The summed E-state index contributed by atoms with van der Waals surface area (Å²) in [6.45, 7) is 2.97. The van der Waals surface area contributed by atoms with E-state index in [0.717, 1.165) is 32.5 Å². The number of carbonyl (C=O) groups is 1. The highest BCUT2D eigenvalue weighted by molar-refractivity contribution is 5.89. The van der Waals surface area contributed by atoms with Gasteiger partial charge >= 0.3 is 5.97 Å². The van der Waals surface area contributed by atoms with Crippen molar-refractivity contribution in [3.05, 3.63) is 59.9 Å². The highest BCUT2D eigenvalue weighted by Gasteiger charge is 2.42. The van der Waals surface area contributed by atoms with Crippen molar-refractivity contribution in [2.24, 2.45) is 11.8 Å². The van der Waals surface area contributed by atoms with E-state index in [1.807, 2.05) is 12.4 Å². The molecule has 148 valence electrons. The molecule has 2 aromatic rings. The molecule has 2 aliphatic rings. The standard InChI is InChI=1S/C22H26N2O4/c1-27-22(26)16-2-4-19(5-3-16)28-21-11-18-14-24(13-17(18)10-20(21)25)12-15-6-8-23-9-7-15/h2-9,17-18,20-21,25H,10-14H2,1H3/t17-,18+,20+,21+/m0/s1. The fraction of sp³-hybridized carbons (Fsp3) is 0.455. The number of aromatic nitrogens is 1. The van der Waals surface area contributed by atoms with Crippen molar-refractivity contribution >= 4 is 5.97 Å². The third-order valence-corrected chi connectivity index (χ3v) is 5.88. The Hall–Kier alpha value is -2.44. The lowest BCUT2D eigenvalue weighted by atomic mass is 9.78. The third-order valence-electron chi connectivity index (χ3n) is 5.88. The molecule has 2 heterocycles. The monoisotopic (exact) mass is 382 g/mol. The van der Waals surface area contributed by atoms with Gasteiger partial charge in [-0.3, -0.25) is 9.88 Å². The van der Waals surface area contributed by atoms with Crippen LogP contribution < -0.4 is 4.74 Å². The molecule has 6 nitrogen and oxygen atoms in total. The van der Waals surface area contributed by atoms with E-state index >= 15 is 0 Å². The zero-order valence-electron chi connectivity index (χ0n) is 16.0. The Kier molecular flexibility index (Phi) is 5.59. The molecule has 6 heteroatoms. The number of aliphatic hydroxyl groups is 1. The van der Waals surface area contributed by atoms with Gasteiger partial charge in [-0.25, -0.2) is 4.79 Å². The van der Waals surface area contributed by atoms with Gasteiger partial charge in [0.05, 0.1) is 18.8 Å². The molecule has 1 N–H and O–H groups in total. The quantitative estimate of drug-likeness (QED) is 0.802. The largest absolute Gasteiger partial charge is 0.488 e. The summed E-state index contributed by atoms with van der Waals surface area (Å²) in [7, 11) is 1.36. The Bertz CT molecular complexity index is 796. The maximum absolute atomic E-state index is 11.5. The normalized spacial score (nSPS) is 27.2. The molecule has 28 heavy (non-hydrogen) atoms. The van der Waals surface area contributed by atoms with Crippen LogP contribution in [0.5, 0.6) is 5.75 Å². The lowest BCUT2D eigenvalue weighted by Crippen LogP contribution is -2.42. The molecule has 1 aromatic carbocycles. The van der Waals surface area contributed by atoms with Crippen LogP contribution in [0.25, 0.3) is 0 Å². The smallest absolute Gasteiger partial charge is 0.337 e. The molecule has 0 unspecified atom stereocenters. The topological polar surface area (TPSA) is 71.9 Å². The molecule has 0 bridgehead atoms. The average molecular weight is 382 g/mol. The Morgan fingerprint density at radius 1 is 1.11 bits per heavy atom. The number of rotatable bonds is 5. The van der Waals surface area contributed by atoms with Crippen molar-refractivity contribution in [2.75, 3.05) is 20.2 Å². The van der Waals surface area contributed by atoms with Crippen molar-refractivity contribution in [3.63, 3.8) is 0 Å². The Morgan fingerprint density at radius 3 is 2.46 bits per heavy atom. The number of carbonyl (C=O) groups excluding carboxylic acids is 1. The Balaban J connectivity index is 1.35. The number of hydrogen-bond acceptors (Lipinski definition) is 6. The number of benzene rings is 1. The summed E-state index contributed by atoms with van der Waals surface area (Å²) in [5.74, 6) is 1.34. The van der Waals surface area contributed by atoms with Crippen LogP contribution in [-0.2, 0) is 11.3 Å². The molecule has 1 aliphatic heterocycles. The molecule has 0 amide bonds. The highest BCUT2D eigenvalue weighted by Crippen LogP contribution is 2.38. The van der Waals surface area contributed by atoms with E-state index in [2.05, 4.69) is 22.0 Å². The van der Waals surface area contributed by atoms with Gasteiger partial charge in [-0.05, 0) is 66.6 Å². The minimum atomic E-state index is -0.470. The van der Waals surface area contributed by atoms with Crippen LogP contribution in [0.15, 0.2) is 48.8 Å². The van der Waals surface area contributed by atoms with Crippen LogP contribution in [-0.4, -0.2) is 53.4 Å². The third kappa shape index (κ3) is 4.18. The van der Waals surface area contributed by atoms with Crippen LogP contribution in [0.2, 0.25) is 0 Å². The molecule has 4 rings (SSSR count). The number of nitrogens with zero attached hydrogens (tertiary/aromatic N) is 2. The van der Waals surface area contributed by atoms with Crippen molar-refractivity contribution in [2.45, 2.75) is 31.6 Å². The molecular formula is C22H26N2O4. The van der Waals surface area contributed by atoms with Gasteiger partial charge in [0.1, 0.15) is 11.9 Å². The fourth-order valence-corrected chi connectivity index (χ4v) is 4.45. The summed E-state index contributed by atoms with van der Waals surface area (Å²) in [6.07, 6.45) is 4.59. The molecule has 2 fully saturated rings. The first-order chi connectivity index (χ1) is 13.6. The highest BCUT2D eigenvalue weighted by atomic mass is 16.5. The van der Waals surface area contributed by atoms with Gasteiger partial charge < -0.3 is 14.6 Å². The Morgan fingerprint density at radius 2 is 1.79 bits per heavy atom. The molecule has 1 aliphatic carbocycles. The number of methoxy groups -OCH3 is 1. The van der Waals surface area contributed by atoms with Crippen molar-refractivity contribution in [1.82, 2.24) is 9.88 Å².